The molecule has 0 bridgehead atoms. The van der Waals surface area contributed by atoms with Crippen molar-refractivity contribution in [2.24, 2.45) is 5.92 Å². The van der Waals surface area contributed by atoms with E-state index in [9.17, 15) is 18.4 Å². The number of carbonyl (C=O) groups excluding carboxylic acids is 1. The van der Waals surface area contributed by atoms with Gasteiger partial charge in [0.2, 0.25) is 0 Å². The van der Waals surface area contributed by atoms with Gasteiger partial charge in [0.05, 0.1) is 17.0 Å². The van der Waals surface area contributed by atoms with E-state index in [1.165, 1.54) is 24.3 Å². The minimum Gasteiger partial charge on any atom is -0.345 e. The van der Waals surface area contributed by atoms with E-state index in [-0.39, 0.29) is 35.1 Å². The van der Waals surface area contributed by atoms with Crippen molar-refractivity contribution in [1.82, 2.24) is 14.8 Å². The number of benzene rings is 2. The molecule has 1 saturated heterocycles. The summed E-state index contributed by atoms with van der Waals surface area (Å²) in [5.74, 6) is -1.13. The first-order valence-corrected chi connectivity index (χ1v) is 12.4. The highest BCUT2D eigenvalue weighted by molar-refractivity contribution is 6.08. The van der Waals surface area contributed by atoms with E-state index in [0.717, 1.165) is 44.2 Å². The highest BCUT2D eigenvalue weighted by atomic mass is 19.1. The van der Waals surface area contributed by atoms with Crippen molar-refractivity contribution in [3.8, 4) is 0 Å². The van der Waals surface area contributed by atoms with Crippen LogP contribution in [0.15, 0.2) is 47.3 Å². The summed E-state index contributed by atoms with van der Waals surface area (Å²) in [6, 6.07) is 10.6. The van der Waals surface area contributed by atoms with Crippen molar-refractivity contribution in [3.05, 3.63) is 81.3 Å². The molecule has 2 fully saturated rings. The molecule has 184 valence electrons. The number of aromatic nitrogens is 1. The summed E-state index contributed by atoms with van der Waals surface area (Å²) in [7, 11) is 2.02. The Balaban J connectivity index is 1.59. The molecule has 1 aromatic heterocycles. The Hall–Kier alpha value is -3.06. The van der Waals surface area contributed by atoms with Crippen LogP contribution in [-0.4, -0.2) is 35.0 Å². The van der Waals surface area contributed by atoms with Gasteiger partial charge in [-0.2, -0.15) is 0 Å². The lowest BCUT2D eigenvalue weighted by Gasteiger charge is -2.35. The third kappa shape index (κ3) is 4.38. The number of amides is 1. The maximum atomic E-state index is 15.0. The van der Waals surface area contributed by atoms with Crippen LogP contribution in [0.25, 0.3) is 10.8 Å². The van der Waals surface area contributed by atoms with E-state index in [1.54, 1.807) is 23.6 Å². The van der Waals surface area contributed by atoms with Gasteiger partial charge in [-0.25, -0.2) is 8.78 Å². The first-order valence-electron chi connectivity index (χ1n) is 12.4. The number of carbonyl (C=O) groups is 1. The van der Waals surface area contributed by atoms with E-state index >= 15 is 0 Å². The Labute approximate surface area is 203 Å². The van der Waals surface area contributed by atoms with Crippen molar-refractivity contribution in [2.45, 2.75) is 57.7 Å². The van der Waals surface area contributed by atoms with E-state index in [0.29, 0.717) is 23.2 Å². The zero-order chi connectivity index (χ0) is 24.7. The quantitative estimate of drug-likeness (QED) is 0.544. The molecule has 2 atom stereocenters. The van der Waals surface area contributed by atoms with Gasteiger partial charge in [0.15, 0.2) is 0 Å². The number of likely N-dealkylation sites (tertiary alicyclic amines) is 1. The van der Waals surface area contributed by atoms with E-state index in [2.05, 4.69) is 10.2 Å². The van der Waals surface area contributed by atoms with Gasteiger partial charge in [-0.15, -0.1) is 0 Å². The number of hydrogen-bond donors (Lipinski definition) is 1. The summed E-state index contributed by atoms with van der Waals surface area (Å²) in [5, 5.41) is 3.38. The van der Waals surface area contributed by atoms with Crippen molar-refractivity contribution >= 4 is 16.7 Å². The van der Waals surface area contributed by atoms with Gasteiger partial charge in [-0.3, -0.25) is 9.59 Å². The van der Waals surface area contributed by atoms with Crippen molar-refractivity contribution in [2.75, 3.05) is 13.6 Å². The lowest BCUT2D eigenvalue weighted by Crippen LogP contribution is -2.39. The van der Waals surface area contributed by atoms with Gasteiger partial charge < -0.3 is 14.8 Å². The van der Waals surface area contributed by atoms with E-state index < -0.39 is 11.4 Å². The molecule has 7 heteroatoms. The number of hydrogen-bond acceptors (Lipinski definition) is 3. The Morgan fingerprint density at radius 2 is 1.89 bits per heavy atom. The molecular weight excluding hydrogens is 448 g/mol. The van der Waals surface area contributed by atoms with Crippen LogP contribution in [0.2, 0.25) is 0 Å². The van der Waals surface area contributed by atoms with Crippen LogP contribution < -0.4 is 10.9 Å². The third-order valence-corrected chi connectivity index (χ3v) is 7.92. The van der Waals surface area contributed by atoms with Crippen molar-refractivity contribution in [1.29, 1.82) is 0 Å². The minimum absolute atomic E-state index is 0.0603. The predicted molar refractivity (Wildman–Crippen MR) is 133 cm³/mol. The number of nitrogens with zero attached hydrogens (tertiary/aromatic N) is 2. The van der Waals surface area contributed by atoms with Gasteiger partial charge in [-0.05, 0) is 75.9 Å². The summed E-state index contributed by atoms with van der Waals surface area (Å²) in [4.78, 5) is 29.4. The molecule has 0 spiro atoms. The SMILES string of the molecule is Cc1c(C(=O)N[C@H](c2cccc(F)c2)C2CCC2)c2cccc(F)c2c(=O)n1C[C@H]1CCCN1C. The summed E-state index contributed by atoms with van der Waals surface area (Å²) < 4.78 is 30.5. The molecule has 1 aliphatic heterocycles. The fourth-order valence-corrected chi connectivity index (χ4v) is 5.65. The zero-order valence-electron chi connectivity index (χ0n) is 20.2. The largest absolute Gasteiger partial charge is 0.345 e. The number of rotatable bonds is 6. The monoisotopic (exact) mass is 479 g/mol. The van der Waals surface area contributed by atoms with Crippen LogP contribution in [0.4, 0.5) is 8.78 Å². The second-order valence-electron chi connectivity index (χ2n) is 10.0. The standard InChI is InChI=1S/C28H31F2N3O2/c1-17-24(27(34)31-26(18-7-3-8-18)19-9-4-10-20(29)15-19)22-12-5-13-23(30)25(22)28(35)33(17)16-21-11-6-14-32(21)2/h4-5,9-10,12-13,15,18,21,26H,3,6-8,11,14,16H2,1-2H3,(H,31,34)/t21-,26+/m1/s1. The normalized spacial score (nSPS) is 19.6. The van der Waals surface area contributed by atoms with Gasteiger partial charge >= 0.3 is 0 Å². The molecule has 1 aliphatic carbocycles. The highest BCUT2D eigenvalue weighted by Gasteiger charge is 2.32. The average molecular weight is 480 g/mol. The van der Waals surface area contributed by atoms with E-state index in [1.807, 2.05) is 13.1 Å². The second kappa shape index (κ2) is 9.53. The fraction of sp³-hybridized carbons (Fsp3) is 0.429. The smallest absolute Gasteiger partial charge is 0.261 e. The van der Waals surface area contributed by atoms with Crippen LogP contribution in [0.1, 0.15) is 59.8 Å². The molecule has 2 aliphatic rings. The molecule has 1 N–H and O–H groups in total. The maximum absolute atomic E-state index is 15.0. The molecular formula is C28H31F2N3O2. The Morgan fingerprint density at radius 1 is 1.11 bits per heavy atom. The molecule has 5 nitrogen and oxygen atoms in total. The second-order valence-corrected chi connectivity index (χ2v) is 10.0. The Bertz CT molecular complexity index is 1330. The Morgan fingerprint density at radius 3 is 2.54 bits per heavy atom. The molecule has 1 saturated carbocycles. The third-order valence-electron chi connectivity index (χ3n) is 7.92. The predicted octanol–water partition coefficient (Wildman–Crippen LogP) is 4.95. The van der Waals surface area contributed by atoms with Gasteiger partial charge in [0, 0.05) is 23.7 Å². The molecule has 2 aromatic carbocycles. The first kappa shape index (κ1) is 23.7. The van der Waals surface area contributed by atoms with Crippen LogP contribution in [0.3, 0.4) is 0 Å². The van der Waals surface area contributed by atoms with E-state index in [4.69, 9.17) is 0 Å². The van der Waals surface area contributed by atoms with Gasteiger partial charge in [0.25, 0.3) is 11.5 Å². The molecule has 35 heavy (non-hydrogen) atoms. The lowest BCUT2D eigenvalue weighted by atomic mass is 9.77. The highest BCUT2D eigenvalue weighted by Crippen LogP contribution is 2.38. The molecule has 2 heterocycles. The topological polar surface area (TPSA) is 54.3 Å². The van der Waals surface area contributed by atoms with Crippen LogP contribution >= 0.6 is 0 Å². The molecule has 5 rings (SSSR count). The summed E-state index contributed by atoms with van der Waals surface area (Å²) in [6.45, 7) is 3.11. The number of fused-ring (bicyclic) bond motifs is 1. The number of nitrogens with one attached hydrogen (secondary N) is 1. The van der Waals surface area contributed by atoms with Crippen LogP contribution in [0, 0.1) is 24.5 Å². The molecule has 3 aromatic rings. The molecule has 0 radical (unpaired) electrons. The first-order chi connectivity index (χ1) is 16.8. The zero-order valence-corrected chi connectivity index (χ0v) is 20.2. The van der Waals surface area contributed by atoms with Crippen molar-refractivity contribution in [3.63, 3.8) is 0 Å². The van der Waals surface area contributed by atoms with Crippen molar-refractivity contribution < 1.29 is 13.6 Å². The van der Waals surface area contributed by atoms with Crippen LogP contribution in [-0.2, 0) is 6.54 Å². The summed E-state index contributed by atoms with van der Waals surface area (Å²) >= 11 is 0. The van der Waals surface area contributed by atoms with Crippen LogP contribution in [0.5, 0.6) is 0 Å². The number of pyridine rings is 1. The number of halogens is 2. The lowest BCUT2D eigenvalue weighted by molar-refractivity contribution is 0.0900. The molecule has 0 unspecified atom stereocenters. The Kier molecular flexibility index (Phi) is 6.45. The fourth-order valence-electron chi connectivity index (χ4n) is 5.65. The van der Waals surface area contributed by atoms with Gasteiger partial charge in [-0.1, -0.05) is 30.7 Å². The molecule has 1 amide bonds. The summed E-state index contributed by atoms with van der Waals surface area (Å²) in [5.41, 5.74) is 1.14. The average Bonchev–Trinajstić information content (AvgIpc) is 3.19. The van der Waals surface area contributed by atoms with Gasteiger partial charge in [0.1, 0.15) is 11.6 Å². The summed E-state index contributed by atoms with van der Waals surface area (Å²) in [6.07, 6.45) is 4.95. The minimum atomic E-state index is -0.629. The maximum Gasteiger partial charge on any atom is 0.261 e. The number of likely N-dealkylation sites (N-methyl/N-ethyl adjacent to an activating group) is 1.